The summed E-state index contributed by atoms with van der Waals surface area (Å²) in [5.74, 6) is -0.260. The van der Waals surface area contributed by atoms with Gasteiger partial charge in [-0.3, -0.25) is 4.79 Å². The number of benzene rings is 1. The summed E-state index contributed by atoms with van der Waals surface area (Å²) in [4.78, 5) is 15.1. The number of rotatable bonds is 6. The molecular weight excluding hydrogens is 302 g/mol. The SMILES string of the molecule is CN(CCNC(=O)c1ccc(-c2ccccc2)[nH]1)S(C)(=O)=O. The first-order valence-corrected chi connectivity index (χ1v) is 8.66. The van der Waals surface area contributed by atoms with Crippen LogP contribution in [0.1, 0.15) is 10.5 Å². The van der Waals surface area contributed by atoms with Gasteiger partial charge in [0.1, 0.15) is 5.69 Å². The van der Waals surface area contributed by atoms with E-state index in [4.69, 9.17) is 0 Å². The first kappa shape index (κ1) is 16.3. The van der Waals surface area contributed by atoms with Crippen molar-refractivity contribution in [1.82, 2.24) is 14.6 Å². The number of aromatic amines is 1. The minimum absolute atomic E-state index is 0.233. The van der Waals surface area contributed by atoms with Gasteiger partial charge in [0, 0.05) is 25.8 Å². The highest BCUT2D eigenvalue weighted by Gasteiger charge is 2.12. The van der Waals surface area contributed by atoms with Crippen LogP contribution < -0.4 is 5.32 Å². The highest BCUT2D eigenvalue weighted by molar-refractivity contribution is 7.88. The number of amides is 1. The summed E-state index contributed by atoms with van der Waals surface area (Å²) < 4.78 is 23.7. The van der Waals surface area contributed by atoms with Crippen molar-refractivity contribution in [2.24, 2.45) is 0 Å². The maximum Gasteiger partial charge on any atom is 0.267 e. The normalized spacial score (nSPS) is 11.6. The number of hydrogen-bond acceptors (Lipinski definition) is 3. The molecule has 118 valence electrons. The summed E-state index contributed by atoms with van der Waals surface area (Å²) in [6, 6.07) is 13.2. The highest BCUT2D eigenvalue weighted by atomic mass is 32.2. The molecule has 6 nitrogen and oxygen atoms in total. The predicted molar refractivity (Wildman–Crippen MR) is 86.0 cm³/mol. The number of carbonyl (C=O) groups is 1. The number of sulfonamides is 1. The summed E-state index contributed by atoms with van der Waals surface area (Å²) in [6.45, 7) is 0.485. The fourth-order valence-electron chi connectivity index (χ4n) is 1.90. The van der Waals surface area contributed by atoms with E-state index in [2.05, 4.69) is 10.3 Å². The van der Waals surface area contributed by atoms with Gasteiger partial charge in [-0.25, -0.2) is 12.7 Å². The van der Waals surface area contributed by atoms with Gasteiger partial charge in [0.15, 0.2) is 0 Å². The molecule has 22 heavy (non-hydrogen) atoms. The van der Waals surface area contributed by atoms with Crippen molar-refractivity contribution >= 4 is 15.9 Å². The number of hydrogen-bond donors (Lipinski definition) is 2. The van der Waals surface area contributed by atoms with Crippen LogP contribution >= 0.6 is 0 Å². The fourth-order valence-corrected chi connectivity index (χ4v) is 2.32. The van der Waals surface area contributed by atoms with Crippen LogP contribution in [-0.2, 0) is 10.0 Å². The van der Waals surface area contributed by atoms with E-state index in [1.807, 2.05) is 36.4 Å². The molecule has 1 aromatic heterocycles. The van der Waals surface area contributed by atoms with E-state index in [1.165, 1.54) is 11.4 Å². The van der Waals surface area contributed by atoms with Crippen LogP contribution in [0.2, 0.25) is 0 Å². The average Bonchev–Trinajstić information content (AvgIpc) is 2.97. The second-order valence-corrected chi connectivity index (χ2v) is 7.08. The molecule has 0 aliphatic rings. The van der Waals surface area contributed by atoms with Crippen LogP contribution in [0.5, 0.6) is 0 Å². The molecule has 2 rings (SSSR count). The van der Waals surface area contributed by atoms with Gasteiger partial charge in [-0.2, -0.15) is 0 Å². The average molecular weight is 321 g/mol. The molecule has 0 aliphatic carbocycles. The van der Waals surface area contributed by atoms with Crippen molar-refractivity contribution in [3.8, 4) is 11.3 Å². The minimum Gasteiger partial charge on any atom is -0.351 e. The summed E-state index contributed by atoms with van der Waals surface area (Å²) >= 11 is 0. The quantitative estimate of drug-likeness (QED) is 0.841. The Balaban J connectivity index is 1.93. The summed E-state index contributed by atoms with van der Waals surface area (Å²) in [6.07, 6.45) is 1.13. The van der Waals surface area contributed by atoms with Gasteiger partial charge in [0.05, 0.1) is 6.26 Å². The zero-order valence-corrected chi connectivity index (χ0v) is 13.4. The van der Waals surface area contributed by atoms with Gasteiger partial charge in [0.25, 0.3) is 5.91 Å². The molecule has 2 aromatic rings. The van der Waals surface area contributed by atoms with Gasteiger partial charge < -0.3 is 10.3 Å². The Labute approximate surface area is 130 Å². The van der Waals surface area contributed by atoms with Crippen molar-refractivity contribution in [3.63, 3.8) is 0 Å². The van der Waals surface area contributed by atoms with Gasteiger partial charge in [-0.1, -0.05) is 30.3 Å². The largest absolute Gasteiger partial charge is 0.351 e. The topological polar surface area (TPSA) is 82.3 Å². The minimum atomic E-state index is -3.22. The molecule has 0 unspecified atom stereocenters. The second kappa shape index (κ2) is 6.76. The molecule has 2 N–H and O–H groups in total. The van der Waals surface area contributed by atoms with E-state index >= 15 is 0 Å². The molecule has 0 atom stereocenters. The lowest BCUT2D eigenvalue weighted by molar-refractivity contribution is 0.0948. The van der Waals surface area contributed by atoms with Crippen LogP contribution in [0.3, 0.4) is 0 Å². The number of nitrogens with zero attached hydrogens (tertiary/aromatic N) is 1. The molecule has 1 aromatic carbocycles. The first-order valence-electron chi connectivity index (χ1n) is 6.82. The van der Waals surface area contributed by atoms with Crippen LogP contribution in [-0.4, -0.2) is 50.0 Å². The van der Waals surface area contributed by atoms with Gasteiger partial charge >= 0.3 is 0 Å². The van der Waals surface area contributed by atoms with Crippen LogP contribution in [0, 0.1) is 0 Å². The summed E-state index contributed by atoms with van der Waals surface area (Å²) in [5.41, 5.74) is 2.30. The lowest BCUT2D eigenvalue weighted by Gasteiger charge is -2.13. The lowest BCUT2D eigenvalue weighted by atomic mass is 10.2. The van der Waals surface area contributed by atoms with Crippen LogP contribution in [0.25, 0.3) is 11.3 Å². The molecule has 7 heteroatoms. The van der Waals surface area contributed by atoms with E-state index in [0.717, 1.165) is 17.5 Å². The highest BCUT2D eigenvalue weighted by Crippen LogP contribution is 2.17. The smallest absolute Gasteiger partial charge is 0.267 e. The zero-order valence-electron chi connectivity index (χ0n) is 12.5. The lowest BCUT2D eigenvalue weighted by Crippen LogP contribution is -2.35. The number of likely N-dealkylation sites (N-methyl/N-ethyl adjacent to an activating group) is 1. The Morgan fingerprint density at radius 1 is 1.18 bits per heavy atom. The standard InChI is InChI=1S/C15H19N3O3S/c1-18(22(2,20)21)11-10-16-15(19)14-9-8-13(17-14)12-6-4-3-5-7-12/h3-9,17H,10-11H2,1-2H3,(H,16,19). The van der Waals surface area contributed by atoms with Gasteiger partial charge in [-0.15, -0.1) is 0 Å². The molecule has 1 heterocycles. The maximum atomic E-state index is 12.0. The number of nitrogens with one attached hydrogen (secondary N) is 2. The van der Waals surface area contributed by atoms with Crippen molar-refractivity contribution in [2.75, 3.05) is 26.4 Å². The second-order valence-electron chi connectivity index (χ2n) is 4.99. The van der Waals surface area contributed by atoms with E-state index in [0.29, 0.717) is 5.69 Å². The maximum absolute atomic E-state index is 12.0. The van der Waals surface area contributed by atoms with E-state index in [-0.39, 0.29) is 19.0 Å². The summed E-state index contributed by atoms with van der Waals surface area (Å²) in [5, 5.41) is 2.69. The molecule has 0 radical (unpaired) electrons. The van der Waals surface area contributed by atoms with Crippen LogP contribution in [0.4, 0.5) is 0 Å². The van der Waals surface area contributed by atoms with E-state index in [1.54, 1.807) is 6.07 Å². The molecule has 0 aliphatic heterocycles. The molecular formula is C15H19N3O3S. The number of H-pyrrole nitrogens is 1. The zero-order chi connectivity index (χ0) is 16.2. The molecule has 0 fully saturated rings. The molecule has 1 amide bonds. The van der Waals surface area contributed by atoms with Crippen molar-refractivity contribution in [2.45, 2.75) is 0 Å². The van der Waals surface area contributed by atoms with Crippen molar-refractivity contribution in [3.05, 3.63) is 48.2 Å². The Morgan fingerprint density at radius 3 is 2.50 bits per heavy atom. The van der Waals surface area contributed by atoms with E-state index in [9.17, 15) is 13.2 Å². The Morgan fingerprint density at radius 2 is 1.86 bits per heavy atom. The fraction of sp³-hybridized carbons (Fsp3) is 0.267. The molecule has 0 saturated heterocycles. The third kappa shape index (κ3) is 4.19. The van der Waals surface area contributed by atoms with E-state index < -0.39 is 10.0 Å². The first-order chi connectivity index (χ1) is 10.4. The van der Waals surface area contributed by atoms with Gasteiger partial charge in [0.2, 0.25) is 10.0 Å². The van der Waals surface area contributed by atoms with Crippen LogP contribution in [0.15, 0.2) is 42.5 Å². The van der Waals surface area contributed by atoms with Crippen molar-refractivity contribution < 1.29 is 13.2 Å². The summed E-state index contributed by atoms with van der Waals surface area (Å²) in [7, 11) is -1.75. The van der Waals surface area contributed by atoms with Gasteiger partial charge in [-0.05, 0) is 17.7 Å². The molecule has 0 spiro atoms. The Kier molecular flexibility index (Phi) is 4.99. The Hall–Kier alpha value is -2.12. The number of carbonyl (C=O) groups excluding carboxylic acids is 1. The monoisotopic (exact) mass is 321 g/mol. The predicted octanol–water partition coefficient (Wildman–Crippen LogP) is 1.30. The third-order valence-corrected chi connectivity index (χ3v) is 4.61. The molecule has 0 saturated carbocycles. The third-order valence-electron chi connectivity index (χ3n) is 3.29. The van der Waals surface area contributed by atoms with Crippen molar-refractivity contribution in [1.29, 1.82) is 0 Å². The molecule has 0 bridgehead atoms. The Bertz CT molecular complexity index is 738. The number of aromatic nitrogens is 1.